The number of rotatable bonds is 5. The zero-order valence-corrected chi connectivity index (χ0v) is 13.0. The lowest BCUT2D eigenvalue weighted by Gasteiger charge is -2.38. The number of aliphatic hydroxyl groups excluding tert-OH is 1. The highest BCUT2D eigenvalue weighted by Gasteiger charge is 2.27. The van der Waals surface area contributed by atoms with Gasteiger partial charge in [0.1, 0.15) is 0 Å². The number of benzene rings is 1. The lowest BCUT2D eigenvalue weighted by atomic mass is 10.1. The van der Waals surface area contributed by atoms with Crippen molar-refractivity contribution < 1.29 is 9.84 Å². The van der Waals surface area contributed by atoms with E-state index in [2.05, 4.69) is 42.3 Å². The van der Waals surface area contributed by atoms with Gasteiger partial charge in [0, 0.05) is 31.4 Å². The second-order valence-electron chi connectivity index (χ2n) is 6.44. The molecule has 0 amide bonds. The van der Waals surface area contributed by atoms with E-state index in [9.17, 15) is 5.11 Å². The van der Waals surface area contributed by atoms with E-state index in [-0.39, 0.29) is 18.8 Å². The molecule has 1 saturated carbocycles. The van der Waals surface area contributed by atoms with Crippen LogP contribution in [0.4, 0.5) is 5.69 Å². The zero-order chi connectivity index (χ0) is 14.8. The molecule has 2 N–H and O–H groups in total. The third-order valence-corrected chi connectivity index (χ3v) is 4.26. The Morgan fingerprint density at radius 2 is 2.14 bits per heavy atom. The van der Waals surface area contributed by atoms with Gasteiger partial charge < -0.3 is 20.1 Å². The predicted molar refractivity (Wildman–Crippen MR) is 84.7 cm³/mol. The van der Waals surface area contributed by atoms with Gasteiger partial charge in [-0.05, 0) is 38.3 Å². The third-order valence-electron chi connectivity index (χ3n) is 4.26. The normalized spacial score (nSPS) is 26.1. The first kappa shape index (κ1) is 14.8. The maximum Gasteiger partial charge on any atom is 0.0984 e. The predicted octanol–water partition coefficient (Wildman–Crippen LogP) is 1.83. The van der Waals surface area contributed by atoms with E-state index in [0.717, 1.165) is 19.6 Å². The number of anilines is 1. The standard InChI is InChI=1S/C17H26N2O2/c1-12-3-6-17(14(7-12)8-18-15-4-5-15)19-9-13(2)21-16(10-19)11-20/h3,6-7,13,15-16,18,20H,4-5,8-11H2,1-2H3. The van der Waals surface area contributed by atoms with Crippen LogP contribution in [0.15, 0.2) is 18.2 Å². The summed E-state index contributed by atoms with van der Waals surface area (Å²) >= 11 is 0. The van der Waals surface area contributed by atoms with Crippen molar-refractivity contribution in [2.24, 2.45) is 0 Å². The van der Waals surface area contributed by atoms with Crippen LogP contribution in [-0.4, -0.2) is 43.1 Å². The van der Waals surface area contributed by atoms with Gasteiger partial charge in [-0.2, -0.15) is 0 Å². The summed E-state index contributed by atoms with van der Waals surface area (Å²) in [7, 11) is 0. The van der Waals surface area contributed by atoms with E-state index in [1.165, 1.54) is 29.7 Å². The fourth-order valence-corrected chi connectivity index (χ4v) is 3.05. The van der Waals surface area contributed by atoms with Crippen LogP contribution >= 0.6 is 0 Å². The molecule has 0 bridgehead atoms. The first-order valence-electron chi connectivity index (χ1n) is 8.00. The highest BCUT2D eigenvalue weighted by molar-refractivity contribution is 5.55. The smallest absolute Gasteiger partial charge is 0.0984 e. The summed E-state index contributed by atoms with van der Waals surface area (Å²) in [5, 5.41) is 13.0. The monoisotopic (exact) mass is 290 g/mol. The SMILES string of the molecule is Cc1ccc(N2CC(C)OC(CO)C2)c(CNC2CC2)c1. The molecule has 4 heteroatoms. The Morgan fingerprint density at radius 1 is 1.33 bits per heavy atom. The van der Waals surface area contributed by atoms with Crippen molar-refractivity contribution in [1.82, 2.24) is 5.32 Å². The summed E-state index contributed by atoms with van der Waals surface area (Å²) in [6.07, 6.45) is 2.69. The van der Waals surface area contributed by atoms with E-state index in [1.807, 2.05) is 0 Å². The van der Waals surface area contributed by atoms with Crippen LogP contribution in [0, 0.1) is 6.92 Å². The molecule has 2 fully saturated rings. The molecule has 0 radical (unpaired) electrons. The molecule has 0 spiro atoms. The van der Waals surface area contributed by atoms with E-state index in [4.69, 9.17) is 4.74 Å². The van der Waals surface area contributed by atoms with E-state index in [0.29, 0.717) is 6.04 Å². The second kappa shape index (κ2) is 6.34. The summed E-state index contributed by atoms with van der Waals surface area (Å²) < 4.78 is 5.75. The van der Waals surface area contributed by atoms with Gasteiger partial charge in [0.15, 0.2) is 0 Å². The number of ether oxygens (including phenoxy) is 1. The van der Waals surface area contributed by atoms with Gasteiger partial charge in [-0.25, -0.2) is 0 Å². The zero-order valence-electron chi connectivity index (χ0n) is 13.0. The molecule has 21 heavy (non-hydrogen) atoms. The number of hydrogen-bond acceptors (Lipinski definition) is 4. The fourth-order valence-electron chi connectivity index (χ4n) is 3.05. The van der Waals surface area contributed by atoms with Gasteiger partial charge in [0.25, 0.3) is 0 Å². The summed E-state index contributed by atoms with van der Waals surface area (Å²) in [6, 6.07) is 7.38. The van der Waals surface area contributed by atoms with Crippen molar-refractivity contribution in [3.63, 3.8) is 0 Å². The molecule has 4 nitrogen and oxygen atoms in total. The lowest BCUT2D eigenvalue weighted by molar-refractivity contribution is -0.0421. The van der Waals surface area contributed by atoms with Gasteiger partial charge in [-0.15, -0.1) is 0 Å². The summed E-state index contributed by atoms with van der Waals surface area (Å²) in [6.45, 7) is 6.88. The summed E-state index contributed by atoms with van der Waals surface area (Å²) in [5.41, 5.74) is 3.93. The highest BCUT2D eigenvalue weighted by atomic mass is 16.5. The largest absolute Gasteiger partial charge is 0.394 e. The molecule has 2 atom stereocenters. The summed E-state index contributed by atoms with van der Waals surface area (Å²) in [5.74, 6) is 0. The number of aliphatic hydroxyl groups is 1. The van der Waals surface area contributed by atoms with Crippen LogP contribution < -0.4 is 10.2 Å². The first-order valence-corrected chi connectivity index (χ1v) is 8.00. The molecule has 2 unspecified atom stereocenters. The van der Waals surface area contributed by atoms with Crippen LogP contribution in [0.2, 0.25) is 0 Å². The fraction of sp³-hybridized carbons (Fsp3) is 0.647. The Labute approximate surface area is 127 Å². The van der Waals surface area contributed by atoms with Crippen molar-refractivity contribution in [3.05, 3.63) is 29.3 Å². The highest BCUT2D eigenvalue weighted by Crippen LogP contribution is 2.27. The van der Waals surface area contributed by atoms with Crippen molar-refractivity contribution in [3.8, 4) is 0 Å². The van der Waals surface area contributed by atoms with Crippen LogP contribution in [0.1, 0.15) is 30.9 Å². The van der Waals surface area contributed by atoms with Gasteiger partial charge in [0.05, 0.1) is 18.8 Å². The van der Waals surface area contributed by atoms with E-state index < -0.39 is 0 Å². The molecule has 2 aliphatic rings. The molecule has 1 aromatic carbocycles. The Kier molecular flexibility index (Phi) is 4.48. The maximum absolute atomic E-state index is 9.41. The average molecular weight is 290 g/mol. The maximum atomic E-state index is 9.41. The Morgan fingerprint density at radius 3 is 2.86 bits per heavy atom. The minimum Gasteiger partial charge on any atom is -0.394 e. The van der Waals surface area contributed by atoms with Gasteiger partial charge >= 0.3 is 0 Å². The molecule has 0 aromatic heterocycles. The van der Waals surface area contributed by atoms with Crippen LogP contribution in [0.3, 0.4) is 0 Å². The molecule has 1 aliphatic carbocycles. The minimum atomic E-state index is -0.0840. The molecular formula is C17H26N2O2. The van der Waals surface area contributed by atoms with E-state index in [1.54, 1.807) is 0 Å². The topological polar surface area (TPSA) is 44.7 Å². The van der Waals surface area contributed by atoms with Gasteiger partial charge in [0.2, 0.25) is 0 Å². The molecule has 3 rings (SSSR count). The number of hydrogen-bond donors (Lipinski definition) is 2. The van der Waals surface area contributed by atoms with Crippen molar-refractivity contribution in [2.75, 3.05) is 24.6 Å². The molecule has 1 aromatic rings. The number of nitrogens with one attached hydrogen (secondary N) is 1. The van der Waals surface area contributed by atoms with Crippen LogP contribution in [0.25, 0.3) is 0 Å². The van der Waals surface area contributed by atoms with Crippen LogP contribution in [0.5, 0.6) is 0 Å². The Balaban J connectivity index is 1.78. The Hall–Kier alpha value is -1.10. The first-order chi connectivity index (χ1) is 10.2. The van der Waals surface area contributed by atoms with Crippen molar-refractivity contribution in [1.29, 1.82) is 0 Å². The molecular weight excluding hydrogens is 264 g/mol. The average Bonchev–Trinajstić information content (AvgIpc) is 3.28. The molecule has 1 heterocycles. The third kappa shape index (κ3) is 3.76. The van der Waals surface area contributed by atoms with Gasteiger partial charge in [-0.3, -0.25) is 0 Å². The van der Waals surface area contributed by atoms with Crippen molar-refractivity contribution >= 4 is 5.69 Å². The van der Waals surface area contributed by atoms with Gasteiger partial charge in [-0.1, -0.05) is 17.7 Å². The second-order valence-corrected chi connectivity index (χ2v) is 6.44. The number of nitrogens with zero attached hydrogens (tertiary/aromatic N) is 1. The summed E-state index contributed by atoms with van der Waals surface area (Å²) in [4.78, 5) is 2.36. The molecule has 1 aliphatic heterocycles. The molecule has 116 valence electrons. The Bertz CT molecular complexity index is 488. The number of aryl methyl sites for hydroxylation is 1. The quantitative estimate of drug-likeness (QED) is 0.868. The minimum absolute atomic E-state index is 0.0840. The van der Waals surface area contributed by atoms with Crippen LogP contribution in [-0.2, 0) is 11.3 Å². The van der Waals surface area contributed by atoms with Crippen molar-refractivity contribution in [2.45, 2.75) is 51.5 Å². The molecule has 1 saturated heterocycles. The number of morpholine rings is 1. The lowest BCUT2D eigenvalue weighted by Crippen LogP contribution is -2.48. The van der Waals surface area contributed by atoms with E-state index >= 15 is 0 Å².